The quantitative estimate of drug-likeness (QED) is 0.252. The summed E-state index contributed by atoms with van der Waals surface area (Å²) in [5.74, 6) is 0.679. The van der Waals surface area contributed by atoms with Crippen LogP contribution in [0.5, 0.6) is 0 Å². The van der Waals surface area contributed by atoms with Gasteiger partial charge in [0.25, 0.3) is 5.56 Å². The van der Waals surface area contributed by atoms with Crippen LogP contribution >= 0.6 is 11.8 Å². The number of nitrogens with zero attached hydrogens (tertiary/aromatic N) is 3. The molecule has 0 spiro atoms. The second kappa shape index (κ2) is 8.13. The molecule has 29 heavy (non-hydrogen) atoms. The van der Waals surface area contributed by atoms with E-state index in [0.717, 1.165) is 28.8 Å². The summed E-state index contributed by atoms with van der Waals surface area (Å²) in [5.41, 5.74) is 5.36. The average Bonchev–Trinajstić information content (AvgIpc) is 3.09. The molecule has 0 bridgehead atoms. The van der Waals surface area contributed by atoms with Crippen LogP contribution in [0.1, 0.15) is 12.5 Å². The van der Waals surface area contributed by atoms with E-state index in [1.54, 1.807) is 4.57 Å². The number of thioether (sulfide) groups is 1. The summed E-state index contributed by atoms with van der Waals surface area (Å²) < 4.78 is 3.59. The van der Waals surface area contributed by atoms with Crippen molar-refractivity contribution in [2.24, 2.45) is 7.05 Å². The van der Waals surface area contributed by atoms with Gasteiger partial charge >= 0.3 is 0 Å². The van der Waals surface area contributed by atoms with Gasteiger partial charge in [-0.2, -0.15) is 0 Å². The van der Waals surface area contributed by atoms with Crippen LogP contribution in [0.3, 0.4) is 0 Å². The molecule has 0 aliphatic heterocycles. The molecule has 0 saturated heterocycles. The molecule has 2 heterocycles. The smallest absolute Gasteiger partial charge is 0.283 e. The molecule has 2 aromatic heterocycles. The Hall–Kier alpha value is -3.05. The SMILES string of the molecule is C=CCSc1nc2c(-c3ccccc3)cn(C)c2c(=O)n1-c1ccc(CC)cc1. The highest BCUT2D eigenvalue weighted by molar-refractivity contribution is 7.99. The van der Waals surface area contributed by atoms with Crippen molar-refractivity contribution in [1.82, 2.24) is 14.1 Å². The highest BCUT2D eigenvalue weighted by Crippen LogP contribution is 2.30. The summed E-state index contributed by atoms with van der Waals surface area (Å²) in [6, 6.07) is 18.2. The van der Waals surface area contributed by atoms with Crippen molar-refractivity contribution in [2.45, 2.75) is 18.5 Å². The molecule has 4 nitrogen and oxygen atoms in total. The van der Waals surface area contributed by atoms with E-state index in [-0.39, 0.29) is 5.56 Å². The summed E-state index contributed by atoms with van der Waals surface area (Å²) >= 11 is 1.52. The van der Waals surface area contributed by atoms with Crippen molar-refractivity contribution >= 4 is 22.8 Å². The lowest BCUT2D eigenvalue weighted by Crippen LogP contribution is -2.23. The maximum absolute atomic E-state index is 13.6. The summed E-state index contributed by atoms with van der Waals surface area (Å²) in [6.07, 6.45) is 4.78. The second-order valence-electron chi connectivity index (χ2n) is 6.87. The predicted octanol–water partition coefficient (Wildman–Crippen LogP) is 5.23. The molecule has 2 aromatic carbocycles. The second-order valence-corrected chi connectivity index (χ2v) is 7.86. The van der Waals surface area contributed by atoms with Crippen LogP contribution in [0.15, 0.2) is 83.4 Å². The fourth-order valence-corrected chi connectivity index (χ4v) is 4.23. The molecule has 0 radical (unpaired) electrons. The van der Waals surface area contributed by atoms with Gasteiger partial charge in [-0.3, -0.25) is 9.36 Å². The molecule has 0 saturated carbocycles. The molecule has 5 heteroatoms. The fourth-order valence-electron chi connectivity index (χ4n) is 3.49. The van der Waals surface area contributed by atoms with E-state index in [0.29, 0.717) is 16.4 Å². The highest BCUT2D eigenvalue weighted by atomic mass is 32.2. The van der Waals surface area contributed by atoms with Crippen LogP contribution in [0, 0.1) is 0 Å². The molecule has 0 unspecified atom stereocenters. The van der Waals surface area contributed by atoms with Crippen LogP contribution in [0.2, 0.25) is 0 Å². The molecule has 4 aromatic rings. The zero-order valence-corrected chi connectivity index (χ0v) is 17.4. The molecular formula is C24H23N3OS. The minimum absolute atomic E-state index is 0.0597. The third-order valence-corrected chi connectivity index (χ3v) is 5.91. The zero-order valence-electron chi connectivity index (χ0n) is 16.6. The Morgan fingerprint density at radius 3 is 2.48 bits per heavy atom. The van der Waals surface area contributed by atoms with Gasteiger partial charge in [-0.1, -0.05) is 67.2 Å². The number of benzene rings is 2. The highest BCUT2D eigenvalue weighted by Gasteiger charge is 2.19. The first-order valence-corrected chi connectivity index (χ1v) is 10.6. The first-order chi connectivity index (χ1) is 14.1. The molecule has 0 aliphatic rings. The zero-order chi connectivity index (χ0) is 20.4. The first-order valence-electron chi connectivity index (χ1n) is 9.64. The summed E-state index contributed by atoms with van der Waals surface area (Å²) in [6.45, 7) is 5.94. The van der Waals surface area contributed by atoms with Gasteiger partial charge in [0.15, 0.2) is 5.16 Å². The number of rotatable bonds is 6. The standard InChI is InChI=1S/C24H23N3OS/c1-4-15-29-24-25-21-20(18-9-7-6-8-10-18)16-26(3)22(21)23(28)27(24)19-13-11-17(5-2)12-14-19/h4,6-14,16H,1,5,15H2,2-3H3. The van der Waals surface area contributed by atoms with Crippen LogP contribution in [0.4, 0.5) is 0 Å². The number of aromatic nitrogens is 3. The molecule has 0 fully saturated rings. The fraction of sp³-hybridized carbons (Fsp3) is 0.167. The monoisotopic (exact) mass is 401 g/mol. The Labute approximate surface area is 174 Å². The maximum Gasteiger partial charge on any atom is 0.283 e. The Morgan fingerprint density at radius 2 is 1.83 bits per heavy atom. The summed E-state index contributed by atoms with van der Waals surface area (Å²) in [7, 11) is 1.90. The number of aryl methyl sites for hydroxylation is 2. The van der Waals surface area contributed by atoms with Crippen molar-refractivity contribution in [3.63, 3.8) is 0 Å². The molecule has 0 atom stereocenters. The van der Waals surface area contributed by atoms with Gasteiger partial charge in [0.05, 0.1) is 5.69 Å². The van der Waals surface area contributed by atoms with Gasteiger partial charge in [0.1, 0.15) is 11.0 Å². The molecule has 146 valence electrons. The van der Waals surface area contributed by atoms with Crippen LogP contribution in [0.25, 0.3) is 27.8 Å². The Morgan fingerprint density at radius 1 is 1.10 bits per heavy atom. The van der Waals surface area contributed by atoms with E-state index in [2.05, 4.69) is 25.6 Å². The van der Waals surface area contributed by atoms with E-state index in [1.807, 2.05) is 66.4 Å². The lowest BCUT2D eigenvalue weighted by molar-refractivity contribution is 0.808. The third-order valence-electron chi connectivity index (χ3n) is 4.98. The van der Waals surface area contributed by atoms with Crippen molar-refractivity contribution in [1.29, 1.82) is 0 Å². The molecule has 0 aliphatic carbocycles. The van der Waals surface area contributed by atoms with Gasteiger partial charge in [0.2, 0.25) is 0 Å². The first kappa shape index (κ1) is 19.3. The topological polar surface area (TPSA) is 39.8 Å². The number of fused-ring (bicyclic) bond motifs is 1. The molecule has 4 rings (SSSR count). The molecule has 0 amide bonds. The minimum Gasteiger partial charge on any atom is -0.344 e. The molecular weight excluding hydrogens is 378 g/mol. The largest absolute Gasteiger partial charge is 0.344 e. The number of hydrogen-bond acceptors (Lipinski definition) is 3. The predicted molar refractivity (Wildman–Crippen MR) is 122 cm³/mol. The third kappa shape index (κ3) is 3.54. The lowest BCUT2D eigenvalue weighted by atomic mass is 10.1. The Kier molecular flexibility index (Phi) is 5.41. The van der Waals surface area contributed by atoms with Gasteiger partial charge in [-0.25, -0.2) is 4.98 Å². The average molecular weight is 402 g/mol. The van der Waals surface area contributed by atoms with Crippen LogP contribution in [-0.2, 0) is 13.5 Å². The Balaban J connectivity index is 2.00. The van der Waals surface area contributed by atoms with Gasteiger partial charge < -0.3 is 4.57 Å². The van der Waals surface area contributed by atoms with Gasteiger partial charge in [0, 0.05) is 24.6 Å². The molecule has 0 N–H and O–H groups in total. The van der Waals surface area contributed by atoms with Crippen molar-refractivity contribution < 1.29 is 0 Å². The Bertz CT molecular complexity index is 1220. The summed E-state index contributed by atoms with van der Waals surface area (Å²) in [5, 5.41) is 0.676. The van der Waals surface area contributed by atoms with Gasteiger partial charge in [-0.05, 0) is 29.7 Å². The maximum atomic E-state index is 13.6. The lowest BCUT2D eigenvalue weighted by Gasteiger charge is -2.13. The van der Waals surface area contributed by atoms with Crippen molar-refractivity contribution in [3.8, 4) is 16.8 Å². The van der Waals surface area contributed by atoms with Crippen molar-refractivity contribution in [3.05, 3.63) is 89.4 Å². The van der Waals surface area contributed by atoms with E-state index in [9.17, 15) is 4.79 Å². The van der Waals surface area contributed by atoms with E-state index in [1.165, 1.54) is 17.3 Å². The van der Waals surface area contributed by atoms with Gasteiger partial charge in [-0.15, -0.1) is 6.58 Å². The van der Waals surface area contributed by atoms with E-state index < -0.39 is 0 Å². The normalized spacial score (nSPS) is 11.1. The summed E-state index contributed by atoms with van der Waals surface area (Å²) in [4.78, 5) is 18.5. The van der Waals surface area contributed by atoms with E-state index >= 15 is 0 Å². The van der Waals surface area contributed by atoms with Crippen LogP contribution < -0.4 is 5.56 Å². The number of hydrogen-bond donors (Lipinski definition) is 0. The van der Waals surface area contributed by atoms with Crippen molar-refractivity contribution in [2.75, 3.05) is 5.75 Å². The van der Waals surface area contributed by atoms with E-state index in [4.69, 9.17) is 4.98 Å². The van der Waals surface area contributed by atoms with Crippen LogP contribution in [-0.4, -0.2) is 19.9 Å². The minimum atomic E-state index is -0.0597.